The van der Waals surface area contributed by atoms with Crippen LogP contribution in [0.1, 0.15) is 13.3 Å². The molecule has 0 radical (unpaired) electrons. The first-order valence-electron chi connectivity index (χ1n) is 6.03. The third-order valence-electron chi connectivity index (χ3n) is 2.92. The molecule has 100 valence electrons. The lowest BCUT2D eigenvalue weighted by Crippen LogP contribution is -2.51. The summed E-state index contributed by atoms with van der Waals surface area (Å²) >= 11 is 5.69. The Balaban J connectivity index is 2.39. The fourth-order valence-corrected chi connectivity index (χ4v) is 2.27. The van der Waals surface area contributed by atoms with Crippen LogP contribution in [-0.4, -0.2) is 72.3 Å². The van der Waals surface area contributed by atoms with Gasteiger partial charge in [-0.15, -0.1) is 11.6 Å². The fraction of sp³-hybridized carbons (Fsp3) is 0.909. The Labute approximate surface area is 107 Å². The van der Waals surface area contributed by atoms with Crippen LogP contribution in [0.2, 0.25) is 0 Å². The predicted octanol–water partition coefficient (Wildman–Crippen LogP) is 0.680. The molecule has 0 amide bonds. The van der Waals surface area contributed by atoms with Gasteiger partial charge in [-0.25, -0.2) is 0 Å². The maximum Gasteiger partial charge on any atom is 0.307 e. The lowest BCUT2D eigenvalue weighted by molar-refractivity contribution is -0.146. The van der Waals surface area contributed by atoms with Gasteiger partial charge in [0.15, 0.2) is 0 Å². The average Bonchev–Trinajstić information content (AvgIpc) is 2.29. The van der Waals surface area contributed by atoms with Crippen LogP contribution in [0, 0.1) is 0 Å². The molecule has 0 aromatic heterocycles. The molecule has 0 aromatic rings. The van der Waals surface area contributed by atoms with Crippen molar-refractivity contribution in [2.75, 3.05) is 45.2 Å². The molecule has 1 atom stereocenters. The minimum Gasteiger partial charge on any atom is -0.481 e. The van der Waals surface area contributed by atoms with Gasteiger partial charge in [-0.3, -0.25) is 14.6 Å². The van der Waals surface area contributed by atoms with Crippen molar-refractivity contribution in [3.05, 3.63) is 0 Å². The van der Waals surface area contributed by atoms with Crippen LogP contribution in [0.25, 0.3) is 0 Å². The number of piperazine rings is 1. The third-order valence-corrected chi connectivity index (χ3v) is 3.09. The molecule has 0 aromatic carbocycles. The van der Waals surface area contributed by atoms with Gasteiger partial charge in [-0.1, -0.05) is 0 Å². The molecule has 0 saturated carbocycles. The van der Waals surface area contributed by atoms with Gasteiger partial charge in [0.1, 0.15) is 6.23 Å². The Hall–Kier alpha value is -0.360. The van der Waals surface area contributed by atoms with Crippen molar-refractivity contribution in [3.63, 3.8) is 0 Å². The zero-order chi connectivity index (χ0) is 12.7. The van der Waals surface area contributed by atoms with Gasteiger partial charge in [0.2, 0.25) is 0 Å². The molecule has 0 aliphatic carbocycles. The largest absolute Gasteiger partial charge is 0.481 e. The highest BCUT2D eigenvalue weighted by atomic mass is 35.5. The summed E-state index contributed by atoms with van der Waals surface area (Å²) < 4.78 is 5.49. The molecule has 5 nitrogen and oxygen atoms in total. The number of carboxylic acid groups (broad SMARTS) is 1. The molecule has 17 heavy (non-hydrogen) atoms. The number of nitrogens with zero attached hydrogens (tertiary/aromatic N) is 2. The number of aliphatic carboxylic acids is 1. The summed E-state index contributed by atoms with van der Waals surface area (Å²) in [6, 6.07) is 0. The van der Waals surface area contributed by atoms with Crippen molar-refractivity contribution in [2.45, 2.75) is 19.6 Å². The number of hydrogen-bond acceptors (Lipinski definition) is 4. The SMILES string of the molecule is CCOC(CC(=O)O)N1CCN(CCCl)CC1. The fourth-order valence-electron chi connectivity index (χ4n) is 2.03. The molecule has 1 aliphatic rings. The van der Waals surface area contributed by atoms with Crippen molar-refractivity contribution in [3.8, 4) is 0 Å². The summed E-state index contributed by atoms with van der Waals surface area (Å²) in [6.45, 7) is 6.86. The normalized spacial score (nSPS) is 20.4. The summed E-state index contributed by atoms with van der Waals surface area (Å²) in [5.74, 6) is -0.170. The van der Waals surface area contributed by atoms with E-state index < -0.39 is 5.97 Å². The first kappa shape index (κ1) is 14.7. The Kier molecular flexibility index (Phi) is 6.80. The van der Waals surface area contributed by atoms with Crippen molar-refractivity contribution >= 4 is 17.6 Å². The molecular weight excluding hydrogens is 244 g/mol. The minimum atomic E-state index is -0.813. The Morgan fingerprint density at radius 3 is 2.53 bits per heavy atom. The van der Waals surface area contributed by atoms with Crippen LogP contribution in [0.5, 0.6) is 0 Å². The quantitative estimate of drug-likeness (QED) is 0.686. The van der Waals surface area contributed by atoms with Gasteiger partial charge < -0.3 is 9.84 Å². The van der Waals surface area contributed by atoms with E-state index in [1.165, 1.54) is 0 Å². The minimum absolute atomic E-state index is 0.0450. The molecule has 1 fully saturated rings. The summed E-state index contributed by atoms with van der Waals surface area (Å²) in [4.78, 5) is 15.1. The van der Waals surface area contributed by atoms with E-state index >= 15 is 0 Å². The number of carboxylic acids is 1. The summed E-state index contributed by atoms with van der Waals surface area (Å²) in [7, 11) is 0. The summed E-state index contributed by atoms with van der Waals surface area (Å²) in [5, 5.41) is 8.84. The van der Waals surface area contributed by atoms with E-state index in [9.17, 15) is 4.79 Å². The van der Waals surface area contributed by atoms with Gasteiger partial charge in [-0.05, 0) is 6.92 Å². The molecule has 0 bridgehead atoms. The van der Waals surface area contributed by atoms with Gasteiger partial charge in [-0.2, -0.15) is 0 Å². The first-order chi connectivity index (χ1) is 8.17. The Morgan fingerprint density at radius 1 is 1.41 bits per heavy atom. The zero-order valence-corrected chi connectivity index (χ0v) is 11.0. The maximum atomic E-state index is 10.8. The molecule has 1 saturated heterocycles. The lowest BCUT2D eigenvalue weighted by atomic mass is 10.2. The highest BCUT2D eigenvalue weighted by molar-refractivity contribution is 6.18. The third kappa shape index (κ3) is 5.21. The van der Waals surface area contributed by atoms with E-state index in [-0.39, 0.29) is 12.6 Å². The van der Waals surface area contributed by atoms with Crippen LogP contribution in [0.4, 0.5) is 0 Å². The molecule has 1 N–H and O–H groups in total. The second-order valence-electron chi connectivity index (χ2n) is 4.07. The van der Waals surface area contributed by atoms with E-state index in [0.29, 0.717) is 12.5 Å². The van der Waals surface area contributed by atoms with Crippen LogP contribution < -0.4 is 0 Å². The molecule has 6 heteroatoms. The van der Waals surface area contributed by atoms with Crippen molar-refractivity contribution in [2.24, 2.45) is 0 Å². The molecular formula is C11H21ClN2O3. The number of halogens is 1. The van der Waals surface area contributed by atoms with E-state index in [2.05, 4.69) is 9.80 Å². The predicted molar refractivity (Wildman–Crippen MR) is 66.4 cm³/mol. The van der Waals surface area contributed by atoms with Crippen LogP contribution in [0.3, 0.4) is 0 Å². The Bertz CT molecular complexity index is 233. The molecule has 1 rings (SSSR count). The van der Waals surface area contributed by atoms with Crippen LogP contribution in [-0.2, 0) is 9.53 Å². The number of rotatable bonds is 7. The van der Waals surface area contributed by atoms with E-state index in [1.54, 1.807) is 0 Å². The summed E-state index contributed by atoms with van der Waals surface area (Å²) in [5.41, 5.74) is 0. The van der Waals surface area contributed by atoms with Gasteiger partial charge in [0.25, 0.3) is 0 Å². The van der Waals surface area contributed by atoms with Gasteiger partial charge >= 0.3 is 5.97 Å². The van der Waals surface area contributed by atoms with E-state index in [0.717, 1.165) is 32.7 Å². The standard InChI is InChI=1S/C11H21ClN2O3/c1-2-17-10(9-11(15)16)14-7-5-13(4-3-12)6-8-14/h10H,2-9H2,1H3,(H,15,16). The lowest BCUT2D eigenvalue weighted by Gasteiger charge is -2.38. The van der Waals surface area contributed by atoms with Gasteiger partial charge in [0.05, 0.1) is 6.42 Å². The maximum absolute atomic E-state index is 10.8. The van der Waals surface area contributed by atoms with Crippen LogP contribution >= 0.6 is 11.6 Å². The van der Waals surface area contributed by atoms with Crippen LogP contribution in [0.15, 0.2) is 0 Å². The van der Waals surface area contributed by atoms with Crippen molar-refractivity contribution in [1.29, 1.82) is 0 Å². The topological polar surface area (TPSA) is 53.0 Å². The second kappa shape index (κ2) is 7.87. The summed E-state index contributed by atoms with van der Waals surface area (Å²) in [6.07, 6.45) is -0.251. The van der Waals surface area contributed by atoms with Gasteiger partial charge in [0, 0.05) is 45.2 Å². The molecule has 1 heterocycles. The number of alkyl halides is 1. The smallest absolute Gasteiger partial charge is 0.307 e. The van der Waals surface area contributed by atoms with Crippen molar-refractivity contribution < 1.29 is 14.6 Å². The number of hydrogen-bond donors (Lipinski definition) is 1. The first-order valence-corrected chi connectivity index (χ1v) is 6.56. The highest BCUT2D eigenvalue weighted by Crippen LogP contribution is 2.11. The molecule has 0 spiro atoms. The average molecular weight is 265 g/mol. The van der Waals surface area contributed by atoms with Crippen molar-refractivity contribution in [1.82, 2.24) is 9.80 Å². The van der Waals surface area contributed by atoms with E-state index in [1.807, 2.05) is 6.92 Å². The molecule has 1 aliphatic heterocycles. The van der Waals surface area contributed by atoms with E-state index in [4.69, 9.17) is 21.4 Å². The second-order valence-corrected chi connectivity index (χ2v) is 4.45. The Morgan fingerprint density at radius 2 is 2.06 bits per heavy atom. The zero-order valence-electron chi connectivity index (χ0n) is 10.3. The highest BCUT2D eigenvalue weighted by Gasteiger charge is 2.25. The number of carbonyl (C=O) groups is 1. The monoisotopic (exact) mass is 264 g/mol. The number of ether oxygens (including phenoxy) is 1. The molecule has 1 unspecified atom stereocenters.